The van der Waals surface area contributed by atoms with Crippen molar-refractivity contribution >= 4 is 22.3 Å². The number of carbonyl (C=O) groups excluding carboxylic acids is 1. The van der Waals surface area contributed by atoms with Gasteiger partial charge in [-0.25, -0.2) is 0 Å². The normalized spacial score (nSPS) is 25.5. The van der Waals surface area contributed by atoms with Crippen molar-refractivity contribution in [1.29, 1.82) is 5.26 Å². The van der Waals surface area contributed by atoms with Gasteiger partial charge in [-0.1, -0.05) is 6.92 Å². The lowest BCUT2D eigenvalue weighted by atomic mass is 9.70. The minimum absolute atomic E-state index is 0.252. The molecule has 0 saturated carbocycles. The van der Waals surface area contributed by atoms with E-state index >= 15 is 0 Å². The summed E-state index contributed by atoms with van der Waals surface area (Å²) in [7, 11) is 0. The highest BCUT2D eigenvalue weighted by Gasteiger charge is 2.45. The number of nitrogens with zero attached hydrogens (tertiary/aromatic N) is 1. The van der Waals surface area contributed by atoms with Gasteiger partial charge >= 0.3 is 5.97 Å². The van der Waals surface area contributed by atoms with Crippen molar-refractivity contribution in [3.05, 3.63) is 16.0 Å². The SMILES string of the molecule is CCOC(=O)C1(C)CCC(C)c2sc(N)c(C#N)c21. The van der Waals surface area contributed by atoms with Crippen LogP contribution in [0.25, 0.3) is 0 Å². The number of nitrogens with two attached hydrogens (primary N) is 1. The summed E-state index contributed by atoms with van der Waals surface area (Å²) in [5.74, 6) is 0.0874. The average Bonchev–Trinajstić information content (AvgIpc) is 2.72. The molecule has 0 aliphatic heterocycles. The Kier molecular flexibility index (Phi) is 3.55. The van der Waals surface area contributed by atoms with Gasteiger partial charge in [0.15, 0.2) is 0 Å². The summed E-state index contributed by atoms with van der Waals surface area (Å²) in [6.45, 7) is 6.12. The summed E-state index contributed by atoms with van der Waals surface area (Å²) in [6, 6.07) is 2.15. The fraction of sp³-hybridized carbons (Fsp3) is 0.571. The Morgan fingerprint density at radius 1 is 1.68 bits per heavy atom. The Bertz CT molecular complexity index is 559. The number of thiophene rings is 1. The predicted octanol–water partition coefficient (Wildman–Crippen LogP) is 2.92. The van der Waals surface area contributed by atoms with Gasteiger partial charge in [-0.05, 0) is 32.6 Å². The lowest BCUT2D eigenvalue weighted by Crippen LogP contribution is -2.38. The third-order valence-corrected chi connectivity index (χ3v) is 5.13. The summed E-state index contributed by atoms with van der Waals surface area (Å²) in [4.78, 5) is 13.4. The van der Waals surface area contributed by atoms with Crippen LogP contribution in [0.15, 0.2) is 0 Å². The number of anilines is 1. The van der Waals surface area contributed by atoms with Crippen molar-refractivity contribution in [3.63, 3.8) is 0 Å². The number of hydrogen-bond donors (Lipinski definition) is 1. The molecule has 2 atom stereocenters. The van der Waals surface area contributed by atoms with Crippen molar-refractivity contribution in [1.82, 2.24) is 0 Å². The largest absolute Gasteiger partial charge is 0.465 e. The fourth-order valence-corrected chi connectivity index (χ4v) is 3.96. The number of nitrogen functional groups attached to an aromatic ring is 1. The van der Waals surface area contributed by atoms with Crippen molar-refractivity contribution in [3.8, 4) is 6.07 Å². The molecule has 0 bridgehead atoms. The second-order valence-electron chi connectivity index (χ2n) is 5.18. The van der Waals surface area contributed by atoms with Crippen LogP contribution in [0.1, 0.15) is 55.5 Å². The third kappa shape index (κ3) is 2.00. The van der Waals surface area contributed by atoms with E-state index in [9.17, 15) is 10.1 Å². The quantitative estimate of drug-likeness (QED) is 0.844. The van der Waals surface area contributed by atoms with E-state index in [1.807, 2.05) is 6.92 Å². The molecule has 4 nitrogen and oxygen atoms in total. The summed E-state index contributed by atoms with van der Waals surface area (Å²) in [5.41, 5.74) is 6.45. The van der Waals surface area contributed by atoms with Crippen LogP contribution in [0.5, 0.6) is 0 Å². The van der Waals surface area contributed by atoms with E-state index in [0.29, 0.717) is 29.5 Å². The third-order valence-electron chi connectivity index (χ3n) is 3.88. The Morgan fingerprint density at radius 3 is 2.95 bits per heavy atom. The van der Waals surface area contributed by atoms with Gasteiger partial charge in [0.2, 0.25) is 0 Å². The minimum Gasteiger partial charge on any atom is -0.465 e. The van der Waals surface area contributed by atoms with Crippen molar-refractivity contribution in [2.45, 2.75) is 44.9 Å². The van der Waals surface area contributed by atoms with E-state index in [1.54, 1.807) is 6.92 Å². The molecule has 0 saturated heterocycles. The van der Waals surface area contributed by atoms with Crippen LogP contribution in [-0.2, 0) is 14.9 Å². The molecule has 1 aromatic heterocycles. The Hall–Kier alpha value is -1.54. The molecule has 0 fully saturated rings. The van der Waals surface area contributed by atoms with Crippen LogP contribution in [0, 0.1) is 11.3 Å². The van der Waals surface area contributed by atoms with Gasteiger partial charge in [-0.2, -0.15) is 5.26 Å². The zero-order valence-electron chi connectivity index (χ0n) is 11.4. The zero-order chi connectivity index (χ0) is 14.2. The summed E-state index contributed by atoms with van der Waals surface area (Å²) < 4.78 is 5.20. The van der Waals surface area contributed by atoms with Gasteiger partial charge in [0.25, 0.3) is 0 Å². The fourth-order valence-electron chi connectivity index (χ4n) is 2.73. The topological polar surface area (TPSA) is 76.1 Å². The first-order valence-electron chi connectivity index (χ1n) is 6.45. The Balaban J connectivity index is 2.62. The van der Waals surface area contributed by atoms with E-state index in [-0.39, 0.29) is 5.97 Å². The van der Waals surface area contributed by atoms with Crippen molar-refractivity contribution < 1.29 is 9.53 Å². The van der Waals surface area contributed by atoms with E-state index in [0.717, 1.165) is 16.9 Å². The lowest BCUT2D eigenvalue weighted by Gasteiger charge is -2.34. The molecule has 1 aromatic rings. The van der Waals surface area contributed by atoms with Crippen LogP contribution in [0.2, 0.25) is 0 Å². The van der Waals surface area contributed by atoms with Crippen molar-refractivity contribution in [2.24, 2.45) is 0 Å². The number of fused-ring (bicyclic) bond motifs is 1. The van der Waals surface area contributed by atoms with Crippen molar-refractivity contribution in [2.75, 3.05) is 12.3 Å². The molecule has 2 rings (SSSR count). The highest BCUT2D eigenvalue weighted by atomic mass is 32.1. The molecule has 2 unspecified atom stereocenters. The van der Waals surface area contributed by atoms with Crippen LogP contribution in [-0.4, -0.2) is 12.6 Å². The van der Waals surface area contributed by atoms with E-state index < -0.39 is 5.41 Å². The van der Waals surface area contributed by atoms with Crippen LogP contribution in [0.4, 0.5) is 5.00 Å². The maximum atomic E-state index is 12.3. The Morgan fingerprint density at radius 2 is 2.37 bits per heavy atom. The standard InChI is InChI=1S/C14H18N2O2S/c1-4-18-13(17)14(3)6-5-8(2)11-10(14)9(7-15)12(16)19-11/h8H,4-6,16H2,1-3H3. The highest BCUT2D eigenvalue weighted by molar-refractivity contribution is 7.16. The number of ether oxygens (including phenoxy) is 1. The molecule has 2 N–H and O–H groups in total. The molecule has 1 aliphatic carbocycles. The van der Waals surface area contributed by atoms with Gasteiger partial charge in [0, 0.05) is 10.4 Å². The van der Waals surface area contributed by atoms with Gasteiger partial charge in [-0.3, -0.25) is 4.79 Å². The first-order valence-corrected chi connectivity index (χ1v) is 7.27. The first-order chi connectivity index (χ1) is 8.95. The predicted molar refractivity (Wildman–Crippen MR) is 75.1 cm³/mol. The van der Waals surface area contributed by atoms with Gasteiger partial charge in [0.1, 0.15) is 11.1 Å². The van der Waals surface area contributed by atoms with E-state index in [4.69, 9.17) is 10.5 Å². The second-order valence-corrected chi connectivity index (χ2v) is 6.27. The number of rotatable bonds is 2. The Labute approximate surface area is 117 Å². The highest BCUT2D eigenvalue weighted by Crippen LogP contribution is 2.50. The molecule has 102 valence electrons. The number of nitriles is 1. The number of hydrogen-bond acceptors (Lipinski definition) is 5. The van der Waals surface area contributed by atoms with Crippen LogP contribution < -0.4 is 5.73 Å². The molecular formula is C14H18N2O2S. The smallest absolute Gasteiger partial charge is 0.316 e. The molecule has 0 amide bonds. The summed E-state index contributed by atoms with van der Waals surface area (Å²) in [6.07, 6.45) is 1.61. The van der Waals surface area contributed by atoms with Gasteiger partial charge in [0.05, 0.1) is 17.6 Å². The molecule has 5 heteroatoms. The number of esters is 1. The summed E-state index contributed by atoms with van der Waals surface area (Å²) in [5, 5.41) is 9.83. The van der Waals surface area contributed by atoms with Crippen LogP contribution in [0.3, 0.4) is 0 Å². The summed E-state index contributed by atoms with van der Waals surface area (Å²) >= 11 is 1.43. The molecule has 1 heterocycles. The average molecular weight is 278 g/mol. The minimum atomic E-state index is -0.739. The van der Waals surface area contributed by atoms with Gasteiger partial charge < -0.3 is 10.5 Å². The molecule has 19 heavy (non-hydrogen) atoms. The molecule has 0 radical (unpaired) electrons. The maximum Gasteiger partial charge on any atom is 0.316 e. The lowest BCUT2D eigenvalue weighted by molar-refractivity contribution is -0.150. The monoisotopic (exact) mass is 278 g/mol. The molecule has 0 aromatic carbocycles. The maximum absolute atomic E-state index is 12.3. The molecule has 0 spiro atoms. The van der Waals surface area contributed by atoms with Crippen LogP contribution >= 0.6 is 11.3 Å². The van der Waals surface area contributed by atoms with E-state index in [1.165, 1.54) is 11.3 Å². The number of carbonyl (C=O) groups is 1. The van der Waals surface area contributed by atoms with Gasteiger partial charge in [-0.15, -0.1) is 11.3 Å². The molecular weight excluding hydrogens is 260 g/mol. The first kappa shape index (κ1) is 13.9. The van der Waals surface area contributed by atoms with E-state index in [2.05, 4.69) is 13.0 Å². The zero-order valence-corrected chi connectivity index (χ0v) is 12.3. The molecule has 1 aliphatic rings. The second kappa shape index (κ2) is 4.86.